The van der Waals surface area contributed by atoms with Crippen LogP contribution in [0.4, 0.5) is 0 Å². The smallest absolute Gasteiger partial charge is 0.308 e. The molecule has 0 amide bonds. The maximum atomic E-state index is 11.6. The van der Waals surface area contributed by atoms with E-state index in [9.17, 15) is 9.90 Å². The van der Waals surface area contributed by atoms with Crippen LogP contribution < -0.4 is 10.1 Å². The molecule has 0 aliphatic carbocycles. The Kier molecular flexibility index (Phi) is 9.20. The van der Waals surface area contributed by atoms with Crippen molar-refractivity contribution < 1.29 is 19.4 Å². The van der Waals surface area contributed by atoms with Gasteiger partial charge >= 0.3 is 5.97 Å². The number of nitrogens with zero attached hydrogens (tertiary/aromatic N) is 3. The second-order valence-electron chi connectivity index (χ2n) is 7.83. The average molecular weight is 429 g/mol. The highest BCUT2D eigenvalue weighted by Gasteiger charge is 2.26. The number of benzene rings is 1. The molecular formula is C23H32N4O4. The first-order valence-corrected chi connectivity index (χ1v) is 10.8. The van der Waals surface area contributed by atoms with Gasteiger partial charge in [0.15, 0.2) is 0 Å². The second-order valence-corrected chi connectivity index (χ2v) is 7.83. The summed E-state index contributed by atoms with van der Waals surface area (Å²) in [7, 11) is 1.43. The monoisotopic (exact) mass is 428 g/mol. The molecule has 1 saturated heterocycles. The lowest BCUT2D eigenvalue weighted by Gasteiger charge is -2.31. The highest BCUT2D eigenvalue weighted by atomic mass is 16.5. The zero-order valence-corrected chi connectivity index (χ0v) is 18.1. The molecule has 0 unspecified atom stereocenters. The fourth-order valence-corrected chi connectivity index (χ4v) is 3.67. The third-order valence-electron chi connectivity index (χ3n) is 5.46. The Balaban J connectivity index is 1.30. The summed E-state index contributed by atoms with van der Waals surface area (Å²) in [6, 6.07) is 7.89. The first-order valence-electron chi connectivity index (χ1n) is 10.8. The van der Waals surface area contributed by atoms with E-state index < -0.39 is 6.10 Å². The Morgan fingerprint density at radius 2 is 2.03 bits per heavy atom. The molecule has 8 nitrogen and oxygen atoms in total. The van der Waals surface area contributed by atoms with Gasteiger partial charge in [0.05, 0.1) is 18.7 Å². The number of likely N-dealkylation sites (tertiary alicyclic amines) is 1. The number of piperidine rings is 1. The van der Waals surface area contributed by atoms with Crippen LogP contribution in [0.25, 0.3) is 0 Å². The number of hydrogen-bond donors (Lipinski definition) is 2. The zero-order chi connectivity index (χ0) is 21.9. The number of carbonyl (C=O) groups is 1. The van der Waals surface area contributed by atoms with E-state index in [-0.39, 0.29) is 18.5 Å². The van der Waals surface area contributed by atoms with Crippen LogP contribution in [0.5, 0.6) is 5.75 Å². The number of methoxy groups -OCH3 is 1. The molecule has 2 heterocycles. The van der Waals surface area contributed by atoms with Crippen LogP contribution in [0.3, 0.4) is 0 Å². The van der Waals surface area contributed by atoms with E-state index in [0.29, 0.717) is 6.54 Å². The average Bonchev–Trinajstić information content (AvgIpc) is 2.82. The van der Waals surface area contributed by atoms with Crippen molar-refractivity contribution in [1.82, 2.24) is 20.2 Å². The summed E-state index contributed by atoms with van der Waals surface area (Å²) in [4.78, 5) is 22.1. The normalized spacial score (nSPS) is 16.1. The number of aliphatic hydroxyl groups excluding tert-OH is 1. The van der Waals surface area contributed by atoms with Gasteiger partial charge in [0, 0.05) is 44.6 Å². The van der Waals surface area contributed by atoms with Crippen molar-refractivity contribution in [3.8, 4) is 5.75 Å². The van der Waals surface area contributed by atoms with E-state index in [1.165, 1.54) is 12.7 Å². The molecule has 0 saturated carbocycles. The summed E-state index contributed by atoms with van der Waals surface area (Å²) >= 11 is 0. The van der Waals surface area contributed by atoms with Crippen molar-refractivity contribution in [2.24, 2.45) is 5.92 Å². The van der Waals surface area contributed by atoms with E-state index >= 15 is 0 Å². The standard InChI is InChI=1S/C23H32N4O4/c1-30-23(29)19-7-12-27(13-8-19)16-21(28)17-31-22-4-2-18(3-5-22)14-24-9-6-20-15-25-10-11-26-20/h2-5,10-11,15,19,21,24,28H,6-9,12-14,16-17H2,1H3/t21-/m0/s1. The topological polar surface area (TPSA) is 96.8 Å². The van der Waals surface area contributed by atoms with Crippen LogP contribution in [0.1, 0.15) is 24.1 Å². The molecular weight excluding hydrogens is 396 g/mol. The molecule has 168 valence electrons. The summed E-state index contributed by atoms with van der Waals surface area (Å²) in [5, 5.41) is 13.7. The van der Waals surface area contributed by atoms with Crippen molar-refractivity contribution in [3.63, 3.8) is 0 Å². The third-order valence-corrected chi connectivity index (χ3v) is 5.46. The molecule has 1 aromatic heterocycles. The number of rotatable bonds is 11. The van der Waals surface area contributed by atoms with Crippen molar-refractivity contribution in [2.75, 3.05) is 39.9 Å². The summed E-state index contributed by atoms with van der Waals surface area (Å²) in [5.41, 5.74) is 2.14. The fraction of sp³-hybridized carbons (Fsp3) is 0.522. The molecule has 1 aliphatic heterocycles. The van der Waals surface area contributed by atoms with Gasteiger partial charge < -0.3 is 24.8 Å². The number of ether oxygens (including phenoxy) is 2. The van der Waals surface area contributed by atoms with Crippen LogP contribution in [-0.4, -0.2) is 71.9 Å². The van der Waals surface area contributed by atoms with Gasteiger partial charge in [-0.2, -0.15) is 0 Å². The van der Waals surface area contributed by atoms with Crippen molar-refractivity contribution >= 4 is 5.97 Å². The van der Waals surface area contributed by atoms with Gasteiger partial charge in [0.1, 0.15) is 18.5 Å². The first-order chi connectivity index (χ1) is 15.1. The Morgan fingerprint density at radius 3 is 2.71 bits per heavy atom. The second kappa shape index (κ2) is 12.3. The van der Waals surface area contributed by atoms with Crippen LogP contribution in [-0.2, 0) is 22.5 Å². The minimum atomic E-state index is -0.572. The lowest BCUT2D eigenvalue weighted by atomic mass is 9.97. The quantitative estimate of drug-likeness (QED) is 0.410. The van der Waals surface area contributed by atoms with E-state index in [1.807, 2.05) is 24.3 Å². The van der Waals surface area contributed by atoms with Gasteiger partial charge in [-0.05, 0) is 43.6 Å². The molecule has 0 bridgehead atoms. The molecule has 2 N–H and O–H groups in total. The third kappa shape index (κ3) is 7.90. The number of aliphatic hydroxyl groups is 1. The van der Waals surface area contributed by atoms with Gasteiger partial charge in [0.2, 0.25) is 0 Å². The van der Waals surface area contributed by atoms with Crippen molar-refractivity contribution in [3.05, 3.63) is 54.1 Å². The number of hydrogen-bond acceptors (Lipinski definition) is 8. The molecule has 1 atom stereocenters. The van der Waals surface area contributed by atoms with Crippen molar-refractivity contribution in [2.45, 2.75) is 31.9 Å². The number of esters is 1. The zero-order valence-electron chi connectivity index (χ0n) is 18.1. The Bertz CT molecular complexity index is 780. The summed E-state index contributed by atoms with van der Waals surface area (Å²) in [6.07, 6.45) is 6.98. The van der Waals surface area contributed by atoms with Gasteiger partial charge in [0.25, 0.3) is 0 Å². The summed E-state index contributed by atoms with van der Waals surface area (Å²) in [6.45, 7) is 3.96. The van der Waals surface area contributed by atoms with Crippen LogP contribution in [0.15, 0.2) is 42.9 Å². The maximum Gasteiger partial charge on any atom is 0.308 e. The molecule has 1 fully saturated rings. The minimum absolute atomic E-state index is 0.0188. The minimum Gasteiger partial charge on any atom is -0.491 e. The molecule has 2 aromatic rings. The van der Waals surface area contributed by atoms with Crippen molar-refractivity contribution in [1.29, 1.82) is 0 Å². The summed E-state index contributed by atoms with van der Waals surface area (Å²) < 4.78 is 10.6. The summed E-state index contributed by atoms with van der Waals surface area (Å²) in [5.74, 6) is 0.592. The van der Waals surface area contributed by atoms with Crippen LogP contribution >= 0.6 is 0 Å². The van der Waals surface area contributed by atoms with Crippen LogP contribution in [0, 0.1) is 5.92 Å². The molecule has 3 rings (SSSR count). The van der Waals surface area contributed by atoms with Gasteiger partial charge in [-0.3, -0.25) is 14.8 Å². The first kappa shape index (κ1) is 23.1. The molecule has 0 spiro atoms. The molecule has 31 heavy (non-hydrogen) atoms. The maximum absolute atomic E-state index is 11.6. The van der Waals surface area contributed by atoms with Crippen LogP contribution in [0.2, 0.25) is 0 Å². The highest BCUT2D eigenvalue weighted by molar-refractivity contribution is 5.72. The molecule has 0 radical (unpaired) electrons. The Hall–Kier alpha value is -2.55. The van der Waals surface area contributed by atoms with E-state index in [2.05, 4.69) is 20.2 Å². The Morgan fingerprint density at radius 1 is 1.26 bits per heavy atom. The Labute approximate surface area is 183 Å². The fourth-order valence-electron chi connectivity index (χ4n) is 3.67. The number of carbonyl (C=O) groups excluding carboxylic acids is 1. The number of nitrogens with one attached hydrogen (secondary N) is 1. The van der Waals surface area contributed by atoms with E-state index in [0.717, 1.165) is 56.9 Å². The van der Waals surface area contributed by atoms with E-state index in [1.54, 1.807) is 18.6 Å². The predicted octanol–water partition coefficient (Wildman–Crippen LogP) is 1.43. The predicted molar refractivity (Wildman–Crippen MR) is 117 cm³/mol. The number of β-amino-alcohol motifs (C(OH)–C–C–N with tert-alkyl or cyclic N) is 1. The molecule has 1 aliphatic rings. The highest BCUT2D eigenvalue weighted by Crippen LogP contribution is 2.19. The number of aromatic nitrogens is 2. The van der Waals surface area contributed by atoms with Gasteiger partial charge in [-0.25, -0.2) is 0 Å². The molecule has 1 aromatic carbocycles. The van der Waals surface area contributed by atoms with Gasteiger partial charge in [-0.15, -0.1) is 0 Å². The van der Waals surface area contributed by atoms with Gasteiger partial charge in [-0.1, -0.05) is 12.1 Å². The largest absolute Gasteiger partial charge is 0.491 e. The van der Waals surface area contributed by atoms with E-state index in [4.69, 9.17) is 9.47 Å². The molecule has 8 heteroatoms. The lowest BCUT2D eigenvalue weighted by molar-refractivity contribution is -0.147. The SMILES string of the molecule is COC(=O)C1CCN(C[C@H](O)COc2ccc(CNCCc3cnccn3)cc2)CC1. The lowest BCUT2D eigenvalue weighted by Crippen LogP contribution is -2.42.